The summed E-state index contributed by atoms with van der Waals surface area (Å²) >= 11 is 0. The molecular weight excluding hydrogens is 192 g/mol. The molecule has 6 heteroatoms. The number of carbonyl (C=O) groups excluding carboxylic acids is 1. The molecule has 0 saturated heterocycles. The standard InChI is InChI=1S/C8H9F2N3O/c1-13-6(11-4-12-13)5(14)8(2-3-8)7(9)10/h4,7H,2-3H2,1H3. The van der Waals surface area contributed by atoms with Crippen LogP contribution < -0.4 is 0 Å². The average molecular weight is 201 g/mol. The minimum atomic E-state index is -2.60. The number of rotatable bonds is 3. The molecule has 1 saturated carbocycles. The zero-order valence-electron chi connectivity index (χ0n) is 7.57. The fraction of sp³-hybridized carbons (Fsp3) is 0.625. The number of alkyl halides is 2. The Morgan fingerprint density at radius 2 is 2.29 bits per heavy atom. The van der Waals surface area contributed by atoms with Gasteiger partial charge >= 0.3 is 0 Å². The molecule has 0 aliphatic heterocycles. The third-order valence-electron chi connectivity index (χ3n) is 2.57. The van der Waals surface area contributed by atoms with E-state index < -0.39 is 17.6 Å². The number of hydrogen-bond donors (Lipinski definition) is 0. The van der Waals surface area contributed by atoms with E-state index in [0.717, 1.165) is 0 Å². The summed E-state index contributed by atoms with van der Waals surface area (Å²) in [5.74, 6) is -0.574. The van der Waals surface area contributed by atoms with Gasteiger partial charge < -0.3 is 0 Å². The van der Waals surface area contributed by atoms with E-state index in [0.29, 0.717) is 0 Å². The van der Waals surface area contributed by atoms with E-state index in [1.165, 1.54) is 18.1 Å². The first-order valence-electron chi connectivity index (χ1n) is 4.25. The Balaban J connectivity index is 2.30. The monoisotopic (exact) mass is 201 g/mol. The predicted molar refractivity (Wildman–Crippen MR) is 43.0 cm³/mol. The third kappa shape index (κ3) is 1.13. The number of carbonyl (C=O) groups is 1. The van der Waals surface area contributed by atoms with Crippen LogP contribution in [0.15, 0.2) is 6.33 Å². The number of aromatic nitrogens is 3. The van der Waals surface area contributed by atoms with Gasteiger partial charge in [0.05, 0.1) is 5.41 Å². The van der Waals surface area contributed by atoms with Crippen LogP contribution in [0.3, 0.4) is 0 Å². The highest BCUT2D eigenvalue weighted by Gasteiger charge is 2.58. The van der Waals surface area contributed by atoms with Crippen LogP contribution in [0.1, 0.15) is 23.5 Å². The van der Waals surface area contributed by atoms with Crippen LogP contribution in [0.4, 0.5) is 8.78 Å². The maximum atomic E-state index is 12.6. The molecule has 4 nitrogen and oxygen atoms in total. The van der Waals surface area contributed by atoms with Crippen molar-refractivity contribution in [3.8, 4) is 0 Å². The molecule has 76 valence electrons. The maximum Gasteiger partial charge on any atom is 0.251 e. The zero-order chi connectivity index (χ0) is 10.3. The molecule has 1 aromatic rings. The average Bonchev–Trinajstić information content (AvgIpc) is 2.84. The minimum absolute atomic E-state index is 0.0165. The largest absolute Gasteiger partial charge is 0.290 e. The summed E-state index contributed by atoms with van der Waals surface area (Å²) in [7, 11) is 1.52. The first kappa shape index (κ1) is 9.23. The van der Waals surface area contributed by atoms with E-state index in [1.54, 1.807) is 0 Å². The number of hydrogen-bond acceptors (Lipinski definition) is 3. The van der Waals surface area contributed by atoms with Crippen LogP contribution in [0.2, 0.25) is 0 Å². The van der Waals surface area contributed by atoms with Crippen LogP contribution in [0.5, 0.6) is 0 Å². The molecular formula is C8H9F2N3O. The lowest BCUT2D eigenvalue weighted by atomic mass is 10.0. The first-order chi connectivity index (χ1) is 6.58. The van der Waals surface area contributed by atoms with Gasteiger partial charge in [-0.2, -0.15) is 5.10 Å². The van der Waals surface area contributed by atoms with Crippen LogP contribution in [0.25, 0.3) is 0 Å². The second-order valence-corrected chi connectivity index (χ2v) is 3.49. The van der Waals surface area contributed by atoms with E-state index in [4.69, 9.17) is 0 Å². The Bertz CT molecular complexity index is 370. The molecule has 0 unspecified atom stereocenters. The van der Waals surface area contributed by atoms with Gasteiger partial charge in [-0.15, -0.1) is 0 Å². The van der Waals surface area contributed by atoms with E-state index in [2.05, 4.69) is 10.1 Å². The highest BCUT2D eigenvalue weighted by Crippen LogP contribution is 2.52. The topological polar surface area (TPSA) is 47.8 Å². The second-order valence-electron chi connectivity index (χ2n) is 3.49. The molecule has 0 bridgehead atoms. The maximum absolute atomic E-state index is 12.6. The third-order valence-corrected chi connectivity index (χ3v) is 2.57. The Labute approximate surface area is 78.9 Å². The van der Waals surface area contributed by atoms with Crippen molar-refractivity contribution in [2.75, 3.05) is 0 Å². The lowest BCUT2D eigenvalue weighted by Crippen LogP contribution is -2.26. The molecule has 2 rings (SSSR count). The Morgan fingerprint density at radius 3 is 2.64 bits per heavy atom. The number of aryl methyl sites for hydroxylation is 1. The van der Waals surface area contributed by atoms with Crippen molar-refractivity contribution in [1.29, 1.82) is 0 Å². The molecule has 14 heavy (non-hydrogen) atoms. The molecule has 0 spiro atoms. The van der Waals surface area contributed by atoms with Crippen molar-refractivity contribution in [2.45, 2.75) is 19.3 Å². The van der Waals surface area contributed by atoms with Crippen molar-refractivity contribution in [3.05, 3.63) is 12.2 Å². The number of ketones is 1. The summed E-state index contributed by atoms with van der Waals surface area (Å²) in [4.78, 5) is 15.3. The van der Waals surface area contributed by atoms with E-state index in [9.17, 15) is 13.6 Å². The normalized spacial score (nSPS) is 18.6. The van der Waals surface area contributed by atoms with Gasteiger partial charge in [-0.05, 0) is 12.8 Å². The Morgan fingerprint density at radius 1 is 1.64 bits per heavy atom. The summed E-state index contributed by atoms with van der Waals surface area (Å²) in [6.07, 6.45) is -0.923. The van der Waals surface area contributed by atoms with Crippen LogP contribution >= 0.6 is 0 Å². The molecule has 0 radical (unpaired) electrons. The van der Waals surface area contributed by atoms with Gasteiger partial charge in [-0.1, -0.05) is 0 Å². The molecule has 0 aromatic carbocycles. The molecule has 0 atom stereocenters. The van der Waals surface area contributed by atoms with Crippen LogP contribution in [0, 0.1) is 5.41 Å². The van der Waals surface area contributed by atoms with Gasteiger partial charge in [0.15, 0.2) is 5.82 Å². The molecule has 1 heterocycles. The highest BCUT2D eigenvalue weighted by atomic mass is 19.3. The van der Waals surface area contributed by atoms with E-state index >= 15 is 0 Å². The fourth-order valence-electron chi connectivity index (χ4n) is 1.40. The molecule has 1 fully saturated rings. The van der Waals surface area contributed by atoms with E-state index in [1.807, 2.05) is 0 Å². The van der Waals surface area contributed by atoms with Gasteiger partial charge in [0, 0.05) is 7.05 Å². The van der Waals surface area contributed by atoms with Crippen molar-refractivity contribution >= 4 is 5.78 Å². The number of nitrogens with zero attached hydrogens (tertiary/aromatic N) is 3. The van der Waals surface area contributed by atoms with Crippen molar-refractivity contribution in [3.63, 3.8) is 0 Å². The zero-order valence-corrected chi connectivity index (χ0v) is 7.57. The van der Waals surface area contributed by atoms with Crippen molar-refractivity contribution in [1.82, 2.24) is 14.8 Å². The van der Waals surface area contributed by atoms with Gasteiger partial charge in [-0.25, -0.2) is 18.4 Å². The second kappa shape index (κ2) is 2.83. The SMILES string of the molecule is Cn1ncnc1C(=O)C1(C(F)F)CC1. The Hall–Kier alpha value is -1.33. The molecule has 1 aliphatic carbocycles. The van der Waals surface area contributed by atoms with E-state index in [-0.39, 0.29) is 18.7 Å². The van der Waals surface area contributed by atoms with Crippen LogP contribution in [-0.4, -0.2) is 27.0 Å². The lowest BCUT2D eigenvalue weighted by molar-refractivity contribution is 0.0460. The van der Waals surface area contributed by atoms with Crippen LogP contribution in [-0.2, 0) is 7.05 Å². The quantitative estimate of drug-likeness (QED) is 0.686. The summed E-state index contributed by atoms with van der Waals surface area (Å²) in [6, 6.07) is 0. The fourth-order valence-corrected chi connectivity index (χ4v) is 1.40. The van der Waals surface area contributed by atoms with Gasteiger partial charge in [0.2, 0.25) is 5.78 Å². The molecule has 1 aliphatic rings. The first-order valence-corrected chi connectivity index (χ1v) is 4.25. The number of halogens is 2. The molecule has 0 amide bonds. The molecule has 0 N–H and O–H groups in total. The predicted octanol–water partition coefficient (Wildman–Crippen LogP) is 1.04. The van der Waals surface area contributed by atoms with Crippen molar-refractivity contribution < 1.29 is 13.6 Å². The highest BCUT2D eigenvalue weighted by molar-refractivity contribution is 5.99. The number of Topliss-reactive ketones (excluding diaryl/α,β-unsaturated/α-hetero) is 1. The van der Waals surface area contributed by atoms with Gasteiger partial charge in [0.25, 0.3) is 6.43 Å². The summed E-state index contributed by atoms with van der Waals surface area (Å²) in [5, 5.41) is 3.68. The summed E-state index contributed by atoms with van der Waals surface area (Å²) in [6.45, 7) is 0. The summed E-state index contributed by atoms with van der Waals surface area (Å²) < 4.78 is 26.4. The Kier molecular flexibility index (Phi) is 1.87. The van der Waals surface area contributed by atoms with Gasteiger partial charge in [-0.3, -0.25) is 4.79 Å². The lowest BCUT2D eigenvalue weighted by Gasteiger charge is -2.10. The van der Waals surface area contributed by atoms with Gasteiger partial charge in [0.1, 0.15) is 6.33 Å². The summed E-state index contributed by atoms with van der Waals surface area (Å²) in [5.41, 5.74) is -1.47. The smallest absolute Gasteiger partial charge is 0.251 e. The molecule has 1 aromatic heterocycles. The minimum Gasteiger partial charge on any atom is -0.290 e. The van der Waals surface area contributed by atoms with Crippen molar-refractivity contribution in [2.24, 2.45) is 12.5 Å².